The topological polar surface area (TPSA) is 50.7 Å². The molecule has 0 radical (unpaired) electrons. The zero-order valence-corrected chi connectivity index (χ0v) is 15.1. The number of aliphatic hydroxyl groups is 1. The Balaban J connectivity index is 2.19. The summed E-state index contributed by atoms with van der Waals surface area (Å²) in [5.74, 6) is 0.870. The van der Waals surface area contributed by atoms with Gasteiger partial charge in [0.25, 0.3) is 0 Å². The molecule has 0 spiro atoms. The number of hydrogen-bond donors (Lipinski definition) is 2. The summed E-state index contributed by atoms with van der Waals surface area (Å²) in [6, 6.07) is 10.2. The van der Waals surface area contributed by atoms with Crippen LogP contribution in [-0.4, -0.2) is 25.4 Å². The van der Waals surface area contributed by atoms with E-state index in [-0.39, 0.29) is 19.0 Å². The fraction of sp³-hybridized carbons (Fsp3) is 0.333. The smallest absolute Gasteiger partial charge is 0.167 e. The van der Waals surface area contributed by atoms with Crippen LogP contribution < -0.4 is 14.8 Å². The molecule has 0 amide bonds. The summed E-state index contributed by atoms with van der Waals surface area (Å²) in [7, 11) is 1.57. The van der Waals surface area contributed by atoms with Crippen molar-refractivity contribution in [2.45, 2.75) is 19.6 Å². The van der Waals surface area contributed by atoms with Crippen molar-refractivity contribution in [1.29, 1.82) is 0 Å². The van der Waals surface area contributed by atoms with Crippen LogP contribution in [0.2, 0.25) is 0 Å². The molecule has 0 saturated heterocycles. The normalized spacial score (nSPS) is 10.7. The molecule has 0 bridgehead atoms. The Hall–Kier alpha value is -1.63. The average molecular weight is 398 g/mol. The van der Waals surface area contributed by atoms with Crippen LogP contribution in [-0.2, 0) is 13.2 Å². The van der Waals surface area contributed by atoms with E-state index in [0.29, 0.717) is 36.6 Å². The Kier molecular flexibility index (Phi) is 7.49. The third-order valence-corrected chi connectivity index (χ3v) is 4.27. The monoisotopic (exact) mass is 397 g/mol. The van der Waals surface area contributed by atoms with E-state index in [2.05, 4.69) is 21.2 Å². The fourth-order valence-electron chi connectivity index (χ4n) is 2.25. The number of hydrogen-bond acceptors (Lipinski definition) is 4. The number of halogens is 2. The zero-order valence-electron chi connectivity index (χ0n) is 13.5. The van der Waals surface area contributed by atoms with Crippen molar-refractivity contribution in [2.24, 2.45) is 0 Å². The lowest BCUT2D eigenvalue weighted by Gasteiger charge is -2.17. The number of benzene rings is 2. The first-order chi connectivity index (χ1) is 11.7. The molecule has 0 unspecified atom stereocenters. The van der Waals surface area contributed by atoms with Crippen LogP contribution in [0.15, 0.2) is 40.9 Å². The Morgan fingerprint density at radius 1 is 1.21 bits per heavy atom. The maximum absolute atomic E-state index is 13.8. The van der Waals surface area contributed by atoms with Crippen LogP contribution in [0.25, 0.3) is 0 Å². The molecule has 0 saturated carbocycles. The van der Waals surface area contributed by atoms with Crippen LogP contribution >= 0.6 is 15.9 Å². The molecule has 2 aromatic carbocycles. The molecule has 24 heavy (non-hydrogen) atoms. The Morgan fingerprint density at radius 3 is 2.71 bits per heavy atom. The lowest BCUT2D eigenvalue weighted by Crippen LogP contribution is -2.17. The summed E-state index contributed by atoms with van der Waals surface area (Å²) in [6.45, 7) is 1.49. The van der Waals surface area contributed by atoms with Gasteiger partial charge < -0.3 is 19.9 Å². The highest BCUT2D eigenvalue weighted by atomic mass is 79.9. The van der Waals surface area contributed by atoms with Crippen molar-refractivity contribution in [3.05, 3.63) is 57.8 Å². The molecule has 2 rings (SSSR count). The first kappa shape index (κ1) is 18.7. The predicted molar refractivity (Wildman–Crippen MR) is 94.8 cm³/mol. The van der Waals surface area contributed by atoms with Gasteiger partial charge in [-0.1, -0.05) is 34.1 Å². The van der Waals surface area contributed by atoms with Gasteiger partial charge >= 0.3 is 0 Å². The van der Waals surface area contributed by atoms with E-state index < -0.39 is 0 Å². The van der Waals surface area contributed by atoms with Gasteiger partial charge in [0.15, 0.2) is 11.5 Å². The van der Waals surface area contributed by atoms with E-state index in [0.717, 1.165) is 10.0 Å². The van der Waals surface area contributed by atoms with Gasteiger partial charge in [0.05, 0.1) is 7.11 Å². The third-order valence-electron chi connectivity index (χ3n) is 3.53. The van der Waals surface area contributed by atoms with E-state index in [9.17, 15) is 4.39 Å². The van der Waals surface area contributed by atoms with Gasteiger partial charge in [-0.15, -0.1) is 0 Å². The molecular formula is C18H21BrFNO3. The van der Waals surface area contributed by atoms with E-state index in [1.807, 2.05) is 6.07 Å². The zero-order chi connectivity index (χ0) is 17.4. The second-order valence-corrected chi connectivity index (χ2v) is 6.05. The summed E-state index contributed by atoms with van der Waals surface area (Å²) in [5, 5.41) is 12.1. The molecule has 0 atom stereocenters. The third kappa shape index (κ3) is 4.93. The molecule has 2 N–H and O–H groups in total. The van der Waals surface area contributed by atoms with Crippen molar-refractivity contribution in [3.63, 3.8) is 0 Å². The number of nitrogens with one attached hydrogen (secondary N) is 1. The summed E-state index contributed by atoms with van der Waals surface area (Å²) >= 11 is 3.52. The SMILES string of the molecule is COc1ccc(Br)c(CNCCCO)c1OCc1ccccc1F. The van der Waals surface area contributed by atoms with Gasteiger partial charge in [-0.25, -0.2) is 4.39 Å². The lowest BCUT2D eigenvalue weighted by atomic mass is 10.1. The maximum atomic E-state index is 13.8. The molecule has 6 heteroatoms. The van der Waals surface area contributed by atoms with Crippen LogP contribution in [0.3, 0.4) is 0 Å². The molecule has 0 aromatic heterocycles. The van der Waals surface area contributed by atoms with Crippen molar-refractivity contribution in [2.75, 3.05) is 20.3 Å². The Labute approximate surface area is 149 Å². The maximum Gasteiger partial charge on any atom is 0.167 e. The molecule has 0 heterocycles. The molecule has 4 nitrogen and oxygen atoms in total. The Morgan fingerprint density at radius 2 is 2.00 bits per heavy atom. The minimum atomic E-state index is -0.297. The predicted octanol–water partition coefficient (Wildman–Crippen LogP) is 3.65. The molecule has 0 aliphatic heterocycles. The molecule has 0 aliphatic rings. The molecule has 0 aliphatic carbocycles. The first-order valence-electron chi connectivity index (χ1n) is 7.70. The van der Waals surface area contributed by atoms with Crippen molar-refractivity contribution >= 4 is 15.9 Å². The van der Waals surface area contributed by atoms with Crippen molar-refractivity contribution in [1.82, 2.24) is 5.32 Å². The summed E-state index contributed by atoms with van der Waals surface area (Å²) < 4.78 is 25.9. The van der Waals surface area contributed by atoms with Crippen molar-refractivity contribution in [3.8, 4) is 11.5 Å². The Bertz CT molecular complexity index is 667. The number of methoxy groups -OCH3 is 1. The van der Waals surface area contributed by atoms with Gasteiger partial charge in [-0.2, -0.15) is 0 Å². The minimum absolute atomic E-state index is 0.114. The second kappa shape index (κ2) is 9.61. The summed E-state index contributed by atoms with van der Waals surface area (Å²) in [5.41, 5.74) is 1.38. The van der Waals surface area contributed by atoms with E-state index in [4.69, 9.17) is 14.6 Å². The molecular weight excluding hydrogens is 377 g/mol. The van der Waals surface area contributed by atoms with Gasteiger partial charge in [-0.3, -0.25) is 0 Å². The van der Waals surface area contributed by atoms with Crippen LogP contribution in [0.1, 0.15) is 17.5 Å². The summed E-state index contributed by atoms with van der Waals surface area (Å²) in [6.07, 6.45) is 0.674. The quantitative estimate of drug-likeness (QED) is 0.634. The second-order valence-electron chi connectivity index (χ2n) is 5.19. The van der Waals surface area contributed by atoms with Crippen LogP contribution in [0.4, 0.5) is 4.39 Å². The number of ether oxygens (including phenoxy) is 2. The van der Waals surface area contributed by atoms with E-state index in [1.54, 1.807) is 31.4 Å². The highest BCUT2D eigenvalue weighted by Crippen LogP contribution is 2.36. The fourth-order valence-corrected chi connectivity index (χ4v) is 2.70. The van der Waals surface area contributed by atoms with Crippen LogP contribution in [0.5, 0.6) is 11.5 Å². The van der Waals surface area contributed by atoms with Gasteiger partial charge in [-0.05, 0) is 31.2 Å². The van der Waals surface area contributed by atoms with Crippen LogP contribution in [0, 0.1) is 5.82 Å². The van der Waals surface area contributed by atoms with E-state index >= 15 is 0 Å². The van der Waals surface area contributed by atoms with Crippen molar-refractivity contribution < 1.29 is 19.0 Å². The number of aliphatic hydroxyl groups excluding tert-OH is 1. The molecule has 0 fully saturated rings. The lowest BCUT2D eigenvalue weighted by molar-refractivity contribution is 0.274. The first-order valence-corrected chi connectivity index (χ1v) is 8.49. The van der Waals surface area contributed by atoms with Gasteiger partial charge in [0.1, 0.15) is 12.4 Å². The average Bonchev–Trinajstić information content (AvgIpc) is 2.59. The minimum Gasteiger partial charge on any atom is -0.493 e. The van der Waals surface area contributed by atoms with E-state index in [1.165, 1.54) is 6.07 Å². The largest absolute Gasteiger partial charge is 0.493 e. The standard InChI is InChI=1S/C18H21BrFNO3/c1-23-17-8-7-15(19)14(11-21-9-4-10-22)18(17)24-12-13-5-2-3-6-16(13)20/h2-3,5-8,21-22H,4,9-12H2,1H3. The number of rotatable bonds is 9. The molecule has 2 aromatic rings. The highest BCUT2D eigenvalue weighted by Gasteiger charge is 2.15. The van der Waals surface area contributed by atoms with Gasteiger partial charge in [0.2, 0.25) is 0 Å². The summed E-state index contributed by atoms with van der Waals surface area (Å²) in [4.78, 5) is 0. The van der Waals surface area contributed by atoms with Gasteiger partial charge in [0, 0.05) is 28.8 Å². The highest BCUT2D eigenvalue weighted by molar-refractivity contribution is 9.10. The molecule has 130 valence electrons.